The van der Waals surface area contributed by atoms with E-state index in [-0.39, 0.29) is 0 Å². The Balaban J connectivity index is 2.65. The number of nitrogens with two attached hydrogens (primary N) is 1. The average Bonchev–Trinajstić information content (AvgIpc) is 2.52. The second-order valence-corrected chi connectivity index (χ2v) is 6.48. The first-order chi connectivity index (χ1) is 11.1. The van der Waals surface area contributed by atoms with Crippen LogP contribution in [-0.4, -0.2) is 23.1 Å². The van der Waals surface area contributed by atoms with E-state index in [0.29, 0.717) is 5.82 Å². The first-order valence-corrected chi connectivity index (χ1v) is 9.51. The number of rotatable bonds is 12. The predicted octanol–water partition coefficient (Wildman–Crippen LogP) is 4.90. The molecule has 0 fully saturated rings. The van der Waals surface area contributed by atoms with Crippen LogP contribution in [0.15, 0.2) is 0 Å². The molecule has 1 heterocycles. The van der Waals surface area contributed by atoms with Gasteiger partial charge in [-0.05, 0) is 32.6 Å². The van der Waals surface area contributed by atoms with E-state index < -0.39 is 0 Å². The maximum absolute atomic E-state index is 6.24. The highest BCUT2D eigenvalue weighted by atomic mass is 15.3. The second-order valence-electron chi connectivity index (χ2n) is 6.48. The van der Waals surface area contributed by atoms with Gasteiger partial charge in [0.25, 0.3) is 0 Å². The van der Waals surface area contributed by atoms with E-state index in [1.54, 1.807) is 0 Å². The van der Waals surface area contributed by atoms with Crippen LogP contribution >= 0.6 is 0 Å². The maximum Gasteiger partial charge on any atom is 0.227 e. The number of nitrogens with zero attached hydrogens (tertiary/aromatic N) is 3. The third kappa shape index (κ3) is 6.76. The third-order valence-corrected chi connectivity index (χ3v) is 4.28. The summed E-state index contributed by atoms with van der Waals surface area (Å²) in [6.07, 6.45) is 11.0. The summed E-state index contributed by atoms with van der Waals surface area (Å²) < 4.78 is 0. The summed E-state index contributed by atoms with van der Waals surface area (Å²) in [6, 6.07) is 0. The quantitative estimate of drug-likeness (QED) is 0.557. The summed E-state index contributed by atoms with van der Waals surface area (Å²) in [5.41, 5.74) is 8.44. The largest absolute Gasteiger partial charge is 0.383 e. The molecule has 0 atom stereocenters. The Morgan fingerprint density at radius 2 is 1.43 bits per heavy atom. The first-order valence-electron chi connectivity index (χ1n) is 9.51. The fraction of sp³-hybridized carbons (Fsp3) is 0.789. The minimum atomic E-state index is 0.679. The van der Waals surface area contributed by atoms with Gasteiger partial charge in [0.05, 0.1) is 0 Å². The van der Waals surface area contributed by atoms with Gasteiger partial charge in [0.1, 0.15) is 5.82 Å². The maximum atomic E-state index is 6.24. The Bertz CT molecular complexity index is 416. The van der Waals surface area contributed by atoms with Gasteiger partial charge in [-0.2, -0.15) is 4.98 Å². The lowest BCUT2D eigenvalue weighted by molar-refractivity contribution is 0.606. The summed E-state index contributed by atoms with van der Waals surface area (Å²) >= 11 is 0. The summed E-state index contributed by atoms with van der Waals surface area (Å²) in [7, 11) is 0. The smallest absolute Gasteiger partial charge is 0.227 e. The zero-order valence-electron chi connectivity index (χ0n) is 15.7. The van der Waals surface area contributed by atoms with Crippen LogP contribution in [0.25, 0.3) is 0 Å². The van der Waals surface area contributed by atoms with E-state index in [1.165, 1.54) is 38.5 Å². The van der Waals surface area contributed by atoms with Crippen LogP contribution in [0.5, 0.6) is 0 Å². The number of unbranched alkanes of at least 4 members (excludes halogenated alkanes) is 5. The van der Waals surface area contributed by atoms with Gasteiger partial charge in [-0.25, -0.2) is 4.98 Å². The van der Waals surface area contributed by atoms with Crippen molar-refractivity contribution in [1.29, 1.82) is 0 Å². The lowest BCUT2D eigenvalue weighted by atomic mass is 10.0. The number of hydrogen-bond donors (Lipinski definition) is 1. The summed E-state index contributed by atoms with van der Waals surface area (Å²) in [5, 5.41) is 0. The van der Waals surface area contributed by atoms with Gasteiger partial charge in [0.15, 0.2) is 0 Å². The van der Waals surface area contributed by atoms with Crippen LogP contribution in [0.1, 0.15) is 83.4 Å². The zero-order chi connectivity index (χ0) is 17.1. The molecule has 1 aromatic heterocycles. The van der Waals surface area contributed by atoms with Crippen molar-refractivity contribution in [3.63, 3.8) is 0 Å². The molecule has 0 aromatic carbocycles. The fourth-order valence-corrected chi connectivity index (χ4v) is 2.99. The third-order valence-electron chi connectivity index (χ3n) is 4.28. The average molecular weight is 321 g/mol. The monoisotopic (exact) mass is 320 g/mol. The van der Waals surface area contributed by atoms with E-state index >= 15 is 0 Å². The van der Waals surface area contributed by atoms with Crippen molar-refractivity contribution < 1.29 is 0 Å². The number of hydrogen-bond acceptors (Lipinski definition) is 4. The second kappa shape index (κ2) is 11.3. The molecule has 2 N–H and O–H groups in total. The molecule has 0 spiro atoms. The molecular weight excluding hydrogens is 284 g/mol. The van der Waals surface area contributed by atoms with Gasteiger partial charge >= 0.3 is 0 Å². The van der Waals surface area contributed by atoms with E-state index in [0.717, 1.165) is 49.6 Å². The van der Waals surface area contributed by atoms with Crippen molar-refractivity contribution in [2.24, 2.45) is 0 Å². The Morgan fingerprint density at radius 1 is 0.826 bits per heavy atom. The standard InChI is InChI=1S/C19H36N4/c1-5-8-9-10-11-12-13-17-16(4)21-19(22-18(17)20)23(14-6-2)15-7-3/h5-15H2,1-4H3,(H2,20,21,22). The molecule has 23 heavy (non-hydrogen) atoms. The summed E-state index contributed by atoms with van der Waals surface area (Å²) in [5.74, 6) is 1.48. The highest BCUT2D eigenvalue weighted by Crippen LogP contribution is 2.21. The number of aryl methyl sites for hydroxylation is 1. The molecule has 1 rings (SSSR count). The van der Waals surface area contributed by atoms with Crippen molar-refractivity contribution >= 4 is 11.8 Å². The Labute approximate surface area is 142 Å². The van der Waals surface area contributed by atoms with Crippen LogP contribution in [0, 0.1) is 6.92 Å². The fourth-order valence-electron chi connectivity index (χ4n) is 2.99. The van der Waals surface area contributed by atoms with Gasteiger partial charge in [-0.3, -0.25) is 0 Å². The lowest BCUT2D eigenvalue weighted by Crippen LogP contribution is -2.27. The molecule has 0 unspecified atom stereocenters. The molecule has 4 nitrogen and oxygen atoms in total. The van der Waals surface area contributed by atoms with Gasteiger partial charge < -0.3 is 10.6 Å². The van der Waals surface area contributed by atoms with Crippen molar-refractivity contribution in [2.45, 2.75) is 85.5 Å². The van der Waals surface area contributed by atoms with Gasteiger partial charge in [0, 0.05) is 24.3 Å². The Kier molecular flexibility index (Phi) is 9.65. The number of nitrogen functional groups attached to an aromatic ring is 1. The van der Waals surface area contributed by atoms with Crippen molar-refractivity contribution in [3.05, 3.63) is 11.3 Å². The van der Waals surface area contributed by atoms with Crippen LogP contribution in [-0.2, 0) is 6.42 Å². The molecule has 0 aliphatic heterocycles. The van der Waals surface area contributed by atoms with Crippen molar-refractivity contribution in [3.8, 4) is 0 Å². The Hall–Kier alpha value is -1.32. The predicted molar refractivity (Wildman–Crippen MR) is 101 cm³/mol. The van der Waals surface area contributed by atoms with Crippen molar-refractivity contribution in [2.75, 3.05) is 23.7 Å². The van der Waals surface area contributed by atoms with Crippen molar-refractivity contribution in [1.82, 2.24) is 9.97 Å². The molecular formula is C19H36N4. The highest BCUT2D eigenvalue weighted by molar-refractivity contribution is 5.48. The van der Waals surface area contributed by atoms with Gasteiger partial charge in [-0.15, -0.1) is 0 Å². The molecule has 0 bridgehead atoms. The van der Waals surface area contributed by atoms with E-state index in [4.69, 9.17) is 10.7 Å². The lowest BCUT2D eigenvalue weighted by Gasteiger charge is -2.22. The van der Waals surface area contributed by atoms with Crippen LogP contribution in [0.2, 0.25) is 0 Å². The van der Waals surface area contributed by atoms with E-state index in [2.05, 4.69) is 37.6 Å². The highest BCUT2D eigenvalue weighted by Gasteiger charge is 2.13. The SMILES string of the molecule is CCCCCCCCc1c(C)nc(N(CCC)CCC)nc1N. The molecule has 0 aliphatic rings. The van der Waals surface area contributed by atoms with E-state index in [1.807, 2.05) is 0 Å². The normalized spacial score (nSPS) is 11.0. The molecule has 132 valence electrons. The van der Waals surface area contributed by atoms with Crippen LogP contribution in [0.4, 0.5) is 11.8 Å². The first kappa shape index (κ1) is 19.7. The van der Waals surface area contributed by atoms with Crippen LogP contribution in [0.3, 0.4) is 0 Å². The molecule has 4 heteroatoms. The zero-order valence-corrected chi connectivity index (χ0v) is 15.7. The topological polar surface area (TPSA) is 55.0 Å². The van der Waals surface area contributed by atoms with Gasteiger partial charge in [0.2, 0.25) is 5.95 Å². The number of anilines is 2. The number of aromatic nitrogens is 2. The minimum Gasteiger partial charge on any atom is -0.383 e. The Morgan fingerprint density at radius 3 is 2.00 bits per heavy atom. The van der Waals surface area contributed by atoms with Gasteiger partial charge in [-0.1, -0.05) is 52.9 Å². The molecule has 0 saturated carbocycles. The van der Waals surface area contributed by atoms with Crippen LogP contribution < -0.4 is 10.6 Å². The molecule has 0 amide bonds. The molecule has 0 aliphatic carbocycles. The molecule has 0 radical (unpaired) electrons. The molecule has 1 aromatic rings. The van der Waals surface area contributed by atoms with E-state index in [9.17, 15) is 0 Å². The summed E-state index contributed by atoms with van der Waals surface area (Å²) in [6.45, 7) is 10.7. The minimum absolute atomic E-state index is 0.679. The summed E-state index contributed by atoms with van der Waals surface area (Å²) in [4.78, 5) is 11.6. The molecule has 0 saturated heterocycles.